The average molecular weight is 286 g/mol. The SMILES string of the molecule is CSCCC(=O)N1CCC(N2CC(C)OC2=O)CC1. The van der Waals surface area contributed by atoms with Gasteiger partial charge in [0.1, 0.15) is 6.10 Å². The molecule has 2 fully saturated rings. The van der Waals surface area contributed by atoms with Crippen molar-refractivity contribution in [2.45, 2.75) is 38.3 Å². The number of hydrogen-bond acceptors (Lipinski definition) is 4. The van der Waals surface area contributed by atoms with E-state index in [1.165, 1.54) is 0 Å². The highest BCUT2D eigenvalue weighted by molar-refractivity contribution is 7.98. The van der Waals surface area contributed by atoms with Gasteiger partial charge < -0.3 is 14.5 Å². The quantitative estimate of drug-likeness (QED) is 0.787. The van der Waals surface area contributed by atoms with Crippen LogP contribution in [0.5, 0.6) is 0 Å². The van der Waals surface area contributed by atoms with E-state index < -0.39 is 0 Å². The number of piperidine rings is 1. The van der Waals surface area contributed by atoms with Crippen LogP contribution in [0.3, 0.4) is 0 Å². The second-order valence-corrected chi connectivity index (χ2v) is 6.19. The maximum absolute atomic E-state index is 11.9. The molecule has 2 rings (SSSR count). The van der Waals surface area contributed by atoms with Crippen LogP contribution in [-0.4, -0.2) is 65.6 Å². The van der Waals surface area contributed by atoms with Gasteiger partial charge in [0.2, 0.25) is 5.91 Å². The number of thioether (sulfide) groups is 1. The van der Waals surface area contributed by atoms with Gasteiger partial charge in [0.25, 0.3) is 0 Å². The Hall–Kier alpha value is -0.910. The maximum Gasteiger partial charge on any atom is 0.410 e. The zero-order valence-corrected chi connectivity index (χ0v) is 12.4. The van der Waals surface area contributed by atoms with Gasteiger partial charge in [0, 0.05) is 31.3 Å². The summed E-state index contributed by atoms with van der Waals surface area (Å²) in [6, 6.07) is 0.238. The normalized spacial score (nSPS) is 24.7. The summed E-state index contributed by atoms with van der Waals surface area (Å²) in [5.74, 6) is 1.12. The van der Waals surface area contributed by atoms with Gasteiger partial charge in [-0.3, -0.25) is 4.79 Å². The first-order chi connectivity index (χ1) is 9.11. The minimum atomic E-state index is -0.195. The van der Waals surface area contributed by atoms with Crippen molar-refractivity contribution >= 4 is 23.8 Å². The van der Waals surface area contributed by atoms with Gasteiger partial charge in [-0.05, 0) is 26.0 Å². The lowest BCUT2D eigenvalue weighted by atomic mass is 10.0. The summed E-state index contributed by atoms with van der Waals surface area (Å²) < 4.78 is 5.16. The third-order valence-corrected chi connectivity index (χ3v) is 4.38. The van der Waals surface area contributed by atoms with Crippen molar-refractivity contribution in [2.24, 2.45) is 0 Å². The largest absolute Gasteiger partial charge is 0.444 e. The lowest BCUT2D eigenvalue weighted by molar-refractivity contribution is -0.132. The molecule has 0 N–H and O–H groups in total. The molecule has 0 spiro atoms. The Morgan fingerprint density at radius 3 is 2.63 bits per heavy atom. The molecule has 1 atom stereocenters. The Kier molecular flexibility index (Phi) is 4.96. The van der Waals surface area contributed by atoms with E-state index in [0.717, 1.165) is 31.7 Å². The van der Waals surface area contributed by atoms with Crippen molar-refractivity contribution < 1.29 is 14.3 Å². The molecule has 0 aliphatic carbocycles. The van der Waals surface area contributed by atoms with Crippen molar-refractivity contribution in [1.82, 2.24) is 9.80 Å². The van der Waals surface area contributed by atoms with Crippen LogP contribution in [0.15, 0.2) is 0 Å². The Labute approximate surface area is 118 Å². The van der Waals surface area contributed by atoms with Crippen LogP contribution in [0.25, 0.3) is 0 Å². The summed E-state index contributed by atoms with van der Waals surface area (Å²) in [5.41, 5.74) is 0. The topological polar surface area (TPSA) is 49.9 Å². The number of likely N-dealkylation sites (tertiary alicyclic amines) is 1. The van der Waals surface area contributed by atoms with Crippen LogP contribution in [0.2, 0.25) is 0 Å². The first kappa shape index (κ1) is 14.5. The van der Waals surface area contributed by atoms with Crippen LogP contribution in [0.4, 0.5) is 4.79 Å². The summed E-state index contributed by atoms with van der Waals surface area (Å²) in [6.45, 7) is 4.12. The van der Waals surface area contributed by atoms with Crippen molar-refractivity contribution in [3.05, 3.63) is 0 Å². The second-order valence-electron chi connectivity index (χ2n) is 5.20. The molecule has 0 radical (unpaired) electrons. The van der Waals surface area contributed by atoms with Crippen LogP contribution >= 0.6 is 11.8 Å². The third kappa shape index (κ3) is 3.55. The molecule has 0 aromatic heterocycles. The van der Waals surface area contributed by atoms with Crippen molar-refractivity contribution in [3.63, 3.8) is 0 Å². The number of hydrogen-bond donors (Lipinski definition) is 0. The lowest BCUT2D eigenvalue weighted by Crippen LogP contribution is -2.47. The van der Waals surface area contributed by atoms with Crippen LogP contribution in [-0.2, 0) is 9.53 Å². The molecule has 2 amide bonds. The fourth-order valence-corrected chi connectivity index (χ4v) is 3.08. The monoisotopic (exact) mass is 286 g/mol. The summed E-state index contributed by atoms with van der Waals surface area (Å²) in [4.78, 5) is 27.3. The number of ether oxygens (including phenoxy) is 1. The van der Waals surface area contributed by atoms with Crippen molar-refractivity contribution in [2.75, 3.05) is 31.6 Å². The fourth-order valence-electron chi connectivity index (χ4n) is 2.70. The molecule has 1 unspecified atom stereocenters. The molecule has 2 aliphatic rings. The Morgan fingerprint density at radius 2 is 2.11 bits per heavy atom. The highest BCUT2D eigenvalue weighted by Gasteiger charge is 2.36. The van der Waals surface area contributed by atoms with Crippen molar-refractivity contribution in [3.8, 4) is 0 Å². The third-order valence-electron chi connectivity index (χ3n) is 3.77. The molecule has 2 saturated heterocycles. The Morgan fingerprint density at radius 1 is 1.42 bits per heavy atom. The number of cyclic esters (lactones) is 1. The summed E-state index contributed by atoms with van der Waals surface area (Å²) >= 11 is 1.70. The average Bonchev–Trinajstić information content (AvgIpc) is 2.75. The van der Waals surface area contributed by atoms with Crippen LogP contribution in [0.1, 0.15) is 26.2 Å². The summed E-state index contributed by atoms with van der Waals surface area (Å²) in [7, 11) is 0. The smallest absolute Gasteiger partial charge is 0.410 e. The number of rotatable bonds is 4. The standard InChI is InChI=1S/C13H22N2O3S/c1-10-9-15(13(17)18-10)11-3-6-14(7-4-11)12(16)5-8-19-2/h10-11H,3-9H2,1-2H3. The summed E-state index contributed by atoms with van der Waals surface area (Å²) in [5, 5.41) is 0. The Balaban J connectivity index is 1.79. The van der Waals surface area contributed by atoms with E-state index in [2.05, 4.69) is 0 Å². The molecular formula is C13H22N2O3S. The fraction of sp³-hybridized carbons (Fsp3) is 0.846. The number of nitrogens with zero attached hydrogens (tertiary/aromatic N) is 2. The Bertz CT molecular complexity index is 343. The van der Waals surface area contributed by atoms with Gasteiger partial charge in [0.15, 0.2) is 0 Å². The second kappa shape index (κ2) is 6.50. The predicted molar refractivity (Wildman–Crippen MR) is 75.3 cm³/mol. The molecular weight excluding hydrogens is 264 g/mol. The van der Waals surface area contributed by atoms with Crippen LogP contribution < -0.4 is 0 Å². The van der Waals surface area contributed by atoms with E-state index in [0.29, 0.717) is 13.0 Å². The molecule has 5 nitrogen and oxygen atoms in total. The molecule has 6 heteroatoms. The highest BCUT2D eigenvalue weighted by atomic mass is 32.2. The van der Waals surface area contributed by atoms with Crippen LogP contribution in [0, 0.1) is 0 Å². The minimum Gasteiger partial charge on any atom is -0.444 e. The zero-order valence-electron chi connectivity index (χ0n) is 11.6. The number of carbonyl (C=O) groups excluding carboxylic acids is 2. The van der Waals surface area contributed by atoms with Gasteiger partial charge in [-0.15, -0.1) is 0 Å². The highest BCUT2D eigenvalue weighted by Crippen LogP contribution is 2.22. The van der Waals surface area contributed by atoms with E-state index in [4.69, 9.17) is 4.74 Å². The van der Waals surface area contributed by atoms with Gasteiger partial charge in [-0.2, -0.15) is 11.8 Å². The first-order valence-corrected chi connectivity index (χ1v) is 8.25. The molecule has 2 heterocycles. The minimum absolute atomic E-state index is 0.00580. The van der Waals surface area contributed by atoms with Gasteiger partial charge in [-0.25, -0.2) is 4.79 Å². The van der Waals surface area contributed by atoms with Gasteiger partial charge in [0.05, 0.1) is 6.54 Å². The van der Waals surface area contributed by atoms with E-state index in [-0.39, 0.29) is 24.1 Å². The number of carbonyl (C=O) groups is 2. The molecule has 0 bridgehead atoms. The molecule has 108 valence electrons. The van der Waals surface area contributed by atoms with E-state index in [1.807, 2.05) is 23.0 Å². The molecule has 19 heavy (non-hydrogen) atoms. The predicted octanol–water partition coefficient (Wildman–Crippen LogP) is 1.57. The van der Waals surface area contributed by atoms with E-state index in [9.17, 15) is 9.59 Å². The maximum atomic E-state index is 11.9. The van der Waals surface area contributed by atoms with Gasteiger partial charge >= 0.3 is 6.09 Å². The first-order valence-electron chi connectivity index (χ1n) is 6.85. The van der Waals surface area contributed by atoms with Crippen molar-refractivity contribution in [1.29, 1.82) is 0 Å². The van der Waals surface area contributed by atoms with E-state index in [1.54, 1.807) is 11.8 Å². The number of amides is 2. The van der Waals surface area contributed by atoms with E-state index >= 15 is 0 Å². The molecule has 2 aliphatic heterocycles. The molecule has 0 aromatic carbocycles. The van der Waals surface area contributed by atoms with Gasteiger partial charge in [-0.1, -0.05) is 0 Å². The molecule has 0 aromatic rings. The zero-order chi connectivity index (χ0) is 13.8. The lowest BCUT2D eigenvalue weighted by Gasteiger charge is -2.35. The molecule has 0 saturated carbocycles. The summed E-state index contributed by atoms with van der Waals surface area (Å²) in [6.07, 6.45) is 4.17.